The molecule has 158 valence electrons. The molecule has 1 aliphatic rings. The number of nitrogens with one attached hydrogen (secondary N) is 1. The van der Waals surface area contributed by atoms with Gasteiger partial charge in [0.1, 0.15) is 0 Å². The van der Waals surface area contributed by atoms with Crippen molar-refractivity contribution in [2.45, 2.75) is 39.7 Å². The maximum Gasteiger partial charge on any atom is 0.227 e. The SMILES string of the molecule is CC1CC(C)CN(Cc2csc(NC(=O)CCc3nc(-c4ccccc4)no3)n2)C1. The molecule has 0 spiro atoms. The van der Waals surface area contributed by atoms with Crippen molar-refractivity contribution in [2.24, 2.45) is 11.8 Å². The van der Waals surface area contributed by atoms with Gasteiger partial charge in [-0.2, -0.15) is 4.98 Å². The molecular formula is C22H27N5O2S. The monoisotopic (exact) mass is 425 g/mol. The Morgan fingerprint density at radius 1 is 1.20 bits per heavy atom. The van der Waals surface area contributed by atoms with Crippen LogP contribution in [0.25, 0.3) is 11.4 Å². The van der Waals surface area contributed by atoms with Crippen LogP contribution in [0, 0.1) is 11.8 Å². The number of benzene rings is 1. The molecule has 4 rings (SSSR count). The standard InChI is InChI=1S/C22H27N5O2S/c1-15-10-16(2)12-27(11-15)13-18-14-30-22(23-18)24-19(28)8-9-20-25-21(26-29-20)17-6-4-3-5-7-17/h3-7,14-16H,8-13H2,1-2H3,(H,23,24,28). The Morgan fingerprint density at radius 3 is 2.73 bits per heavy atom. The number of aryl methyl sites for hydroxylation is 1. The van der Waals surface area contributed by atoms with E-state index in [2.05, 4.69) is 39.2 Å². The summed E-state index contributed by atoms with van der Waals surface area (Å²) in [7, 11) is 0. The van der Waals surface area contributed by atoms with Gasteiger partial charge in [0, 0.05) is 43.4 Å². The van der Waals surface area contributed by atoms with Crippen LogP contribution < -0.4 is 5.32 Å². The number of hydrogen-bond acceptors (Lipinski definition) is 7. The van der Waals surface area contributed by atoms with Gasteiger partial charge in [-0.05, 0) is 18.3 Å². The summed E-state index contributed by atoms with van der Waals surface area (Å²) in [6.07, 6.45) is 1.96. The van der Waals surface area contributed by atoms with Crippen LogP contribution in [-0.2, 0) is 17.8 Å². The van der Waals surface area contributed by atoms with Gasteiger partial charge in [-0.25, -0.2) is 4.98 Å². The number of carbonyl (C=O) groups excluding carboxylic acids is 1. The fourth-order valence-corrected chi connectivity index (χ4v) is 4.77. The van der Waals surface area contributed by atoms with Crippen LogP contribution in [0.5, 0.6) is 0 Å². The molecule has 1 aliphatic heterocycles. The van der Waals surface area contributed by atoms with Crippen molar-refractivity contribution in [1.29, 1.82) is 0 Å². The summed E-state index contributed by atoms with van der Waals surface area (Å²) in [5, 5.41) is 9.54. The summed E-state index contributed by atoms with van der Waals surface area (Å²) in [5.41, 5.74) is 1.91. The van der Waals surface area contributed by atoms with Gasteiger partial charge in [0.2, 0.25) is 17.6 Å². The van der Waals surface area contributed by atoms with E-state index in [0.29, 0.717) is 23.3 Å². The highest BCUT2D eigenvalue weighted by Gasteiger charge is 2.22. The molecule has 1 fully saturated rings. The number of piperidine rings is 1. The van der Waals surface area contributed by atoms with Crippen molar-refractivity contribution in [3.63, 3.8) is 0 Å². The number of nitrogens with zero attached hydrogens (tertiary/aromatic N) is 4. The molecule has 1 N–H and O–H groups in total. The van der Waals surface area contributed by atoms with Gasteiger partial charge in [-0.3, -0.25) is 9.69 Å². The summed E-state index contributed by atoms with van der Waals surface area (Å²) in [4.78, 5) is 23.7. The van der Waals surface area contributed by atoms with Crippen LogP contribution in [0.3, 0.4) is 0 Å². The number of aromatic nitrogens is 3. The Labute approximate surface area is 180 Å². The quantitative estimate of drug-likeness (QED) is 0.609. The predicted molar refractivity (Wildman–Crippen MR) is 117 cm³/mol. The number of hydrogen-bond donors (Lipinski definition) is 1. The number of rotatable bonds is 7. The molecule has 3 heterocycles. The van der Waals surface area contributed by atoms with E-state index in [-0.39, 0.29) is 12.3 Å². The lowest BCUT2D eigenvalue weighted by Gasteiger charge is -2.34. The number of carbonyl (C=O) groups is 1. The highest BCUT2D eigenvalue weighted by Crippen LogP contribution is 2.24. The third kappa shape index (κ3) is 5.52. The van der Waals surface area contributed by atoms with E-state index in [4.69, 9.17) is 4.52 Å². The zero-order valence-corrected chi connectivity index (χ0v) is 18.2. The normalized spacial score (nSPS) is 19.7. The molecule has 7 nitrogen and oxygen atoms in total. The second-order valence-electron chi connectivity index (χ2n) is 8.21. The van der Waals surface area contributed by atoms with E-state index in [1.165, 1.54) is 17.8 Å². The predicted octanol–water partition coefficient (Wildman–Crippen LogP) is 4.24. The van der Waals surface area contributed by atoms with Crippen LogP contribution in [0.1, 0.15) is 38.3 Å². The summed E-state index contributed by atoms with van der Waals surface area (Å²) < 4.78 is 5.27. The first-order valence-corrected chi connectivity index (χ1v) is 11.3. The molecule has 2 unspecified atom stereocenters. The van der Waals surface area contributed by atoms with E-state index in [1.807, 2.05) is 35.7 Å². The van der Waals surface area contributed by atoms with Crippen molar-refractivity contribution in [3.8, 4) is 11.4 Å². The molecule has 1 amide bonds. The Morgan fingerprint density at radius 2 is 1.97 bits per heavy atom. The molecule has 0 saturated carbocycles. The van der Waals surface area contributed by atoms with Crippen LogP contribution in [0.15, 0.2) is 40.2 Å². The Bertz CT molecular complexity index is 961. The Hall–Kier alpha value is -2.58. The number of amides is 1. The largest absolute Gasteiger partial charge is 0.339 e. The maximum absolute atomic E-state index is 12.3. The molecule has 30 heavy (non-hydrogen) atoms. The summed E-state index contributed by atoms with van der Waals surface area (Å²) >= 11 is 1.47. The first-order valence-electron chi connectivity index (χ1n) is 10.4. The summed E-state index contributed by atoms with van der Waals surface area (Å²) in [5.74, 6) is 2.34. The molecule has 2 atom stereocenters. The van der Waals surface area contributed by atoms with Gasteiger partial charge in [0.25, 0.3) is 0 Å². The first-order chi connectivity index (χ1) is 14.5. The van der Waals surface area contributed by atoms with E-state index in [1.54, 1.807) is 0 Å². The molecule has 1 saturated heterocycles. The third-order valence-corrected chi connectivity index (χ3v) is 6.00. The van der Waals surface area contributed by atoms with Gasteiger partial charge in [0.15, 0.2) is 5.13 Å². The minimum Gasteiger partial charge on any atom is -0.339 e. The first kappa shape index (κ1) is 20.7. The second-order valence-corrected chi connectivity index (χ2v) is 9.07. The maximum atomic E-state index is 12.3. The summed E-state index contributed by atoms with van der Waals surface area (Å²) in [6.45, 7) is 7.67. The zero-order chi connectivity index (χ0) is 20.9. The van der Waals surface area contributed by atoms with Crippen molar-refractivity contribution < 1.29 is 9.32 Å². The van der Waals surface area contributed by atoms with E-state index < -0.39 is 0 Å². The Balaban J connectivity index is 1.25. The average Bonchev–Trinajstić information content (AvgIpc) is 3.36. The van der Waals surface area contributed by atoms with Gasteiger partial charge >= 0.3 is 0 Å². The van der Waals surface area contributed by atoms with Gasteiger partial charge in [0.05, 0.1) is 5.69 Å². The molecule has 2 aromatic heterocycles. The fourth-order valence-electron chi connectivity index (χ4n) is 4.05. The minimum absolute atomic E-state index is 0.101. The van der Waals surface area contributed by atoms with Crippen molar-refractivity contribution in [3.05, 3.63) is 47.3 Å². The fraction of sp³-hybridized carbons (Fsp3) is 0.455. The zero-order valence-electron chi connectivity index (χ0n) is 17.4. The summed E-state index contributed by atoms with van der Waals surface area (Å²) in [6, 6.07) is 9.63. The molecule has 0 bridgehead atoms. The minimum atomic E-state index is -0.101. The molecule has 0 aliphatic carbocycles. The topological polar surface area (TPSA) is 84.2 Å². The lowest BCUT2D eigenvalue weighted by atomic mass is 9.92. The van der Waals surface area contributed by atoms with Crippen LogP contribution >= 0.6 is 11.3 Å². The molecule has 0 radical (unpaired) electrons. The molecular weight excluding hydrogens is 398 g/mol. The molecule has 1 aromatic carbocycles. The van der Waals surface area contributed by atoms with E-state index in [9.17, 15) is 4.79 Å². The highest BCUT2D eigenvalue weighted by atomic mass is 32.1. The van der Waals surface area contributed by atoms with Crippen molar-refractivity contribution in [2.75, 3.05) is 18.4 Å². The van der Waals surface area contributed by atoms with Crippen molar-refractivity contribution >= 4 is 22.4 Å². The van der Waals surface area contributed by atoms with Gasteiger partial charge in [-0.1, -0.05) is 49.3 Å². The highest BCUT2D eigenvalue weighted by molar-refractivity contribution is 7.13. The van der Waals surface area contributed by atoms with Crippen LogP contribution in [-0.4, -0.2) is 39.0 Å². The van der Waals surface area contributed by atoms with Gasteiger partial charge in [-0.15, -0.1) is 11.3 Å². The Kier molecular flexibility index (Phi) is 6.54. The smallest absolute Gasteiger partial charge is 0.227 e. The van der Waals surface area contributed by atoms with E-state index in [0.717, 1.165) is 42.7 Å². The lowest BCUT2D eigenvalue weighted by molar-refractivity contribution is -0.116. The third-order valence-electron chi connectivity index (χ3n) is 5.19. The number of likely N-dealkylation sites (tertiary alicyclic amines) is 1. The van der Waals surface area contributed by atoms with Gasteiger partial charge < -0.3 is 9.84 Å². The van der Waals surface area contributed by atoms with Crippen LogP contribution in [0.4, 0.5) is 5.13 Å². The van der Waals surface area contributed by atoms with E-state index >= 15 is 0 Å². The molecule has 3 aromatic rings. The molecule has 8 heteroatoms. The lowest BCUT2D eigenvalue weighted by Crippen LogP contribution is -2.38. The van der Waals surface area contributed by atoms with Crippen LogP contribution in [0.2, 0.25) is 0 Å². The number of anilines is 1. The number of thiazole rings is 1. The van der Waals surface area contributed by atoms with Crippen molar-refractivity contribution in [1.82, 2.24) is 20.0 Å². The average molecular weight is 426 g/mol. The second kappa shape index (κ2) is 9.49.